The molecule has 36 heavy (non-hydrogen) atoms. The third-order valence-electron chi connectivity index (χ3n) is 5.63. The van der Waals surface area contributed by atoms with Crippen LogP contribution in [0.5, 0.6) is 0 Å². The number of nitrogens with one attached hydrogen (secondary N) is 2. The van der Waals surface area contributed by atoms with Crippen molar-refractivity contribution in [3.05, 3.63) is 54.5 Å². The maximum atomic E-state index is 13.4. The van der Waals surface area contributed by atoms with Gasteiger partial charge in [-0.3, -0.25) is 14.6 Å². The third kappa shape index (κ3) is 8.93. The Morgan fingerprint density at radius 2 is 1.83 bits per heavy atom. The molecule has 11 nitrogen and oxygen atoms in total. The SMILES string of the molecule is CC(C)CC(NC(=O)C(Cc1ccccc1)Nc1cnccn1)C(=O)N1CCC[C@H]1C(=O)O.OBO. The van der Waals surface area contributed by atoms with E-state index in [-0.39, 0.29) is 17.7 Å². The van der Waals surface area contributed by atoms with Crippen LogP contribution in [-0.2, 0) is 20.8 Å². The van der Waals surface area contributed by atoms with Crippen LogP contribution >= 0.6 is 0 Å². The predicted octanol–water partition coefficient (Wildman–Crippen LogP) is 0.344. The molecule has 0 saturated carbocycles. The van der Waals surface area contributed by atoms with Crippen molar-refractivity contribution in [1.82, 2.24) is 20.2 Å². The van der Waals surface area contributed by atoms with Gasteiger partial charge < -0.3 is 30.7 Å². The van der Waals surface area contributed by atoms with Crippen LogP contribution in [0.4, 0.5) is 5.82 Å². The molecule has 12 heteroatoms. The molecule has 1 aromatic carbocycles. The smallest absolute Gasteiger partial charge is 0.432 e. The van der Waals surface area contributed by atoms with Crippen LogP contribution in [0, 0.1) is 5.92 Å². The lowest BCUT2D eigenvalue weighted by Crippen LogP contribution is -2.55. The van der Waals surface area contributed by atoms with Gasteiger partial charge in [-0.05, 0) is 30.7 Å². The maximum Gasteiger partial charge on any atom is 0.432 e. The summed E-state index contributed by atoms with van der Waals surface area (Å²) >= 11 is 0. The van der Waals surface area contributed by atoms with Gasteiger partial charge in [-0.25, -0.2) is 9.78 Å². The summed E-state index contributed by atoms with van der Waals surface area (Å²) < 4.78 is 0. The molecular weight excluding hydrogens is 465 g/mol. The van der Waals surface area contributed by atoms with Crippen molar-refractivity contribution in [1.29, 1.82) is 0 Å². The van der Waals surface area contributed by atoms with Crippen molar-refractivity contribution in [3.8, 4) is 0 Å². The lowest BCUT2D eigenvalue weighted by Gasteiger charge is -2.29. The summed E-state index contributed by atoms with van der Waals surface area (Å²) in [5.74, 6) is -1.13. The second kappa shape index (κ2) is 14.8. The van der Waals surface area contributed by atoms with E-state index < -0.39 is 31.8 Å². The molecule has 1 saturated heterocycles. The van der Waals surface area contributed by atoms with E-state index in [4.69, 9.17) is 10.0 Å². The van der Waals surface area contributed by atoms with Crippen molar-refractivity contribution in [2.24, 2.45) is 5.92 Å². The molecule has 1 aliphatic rings. The lowest BCUT2D eigenvalue weighted by atomic mass is 10.0. The number of carboxylic acid groups (broad SMARTS) is 1. The zero-order chi connectivity index (χ0) is 26.5. The molecule has 2 amide bonds. The van der Waals surface area contributed by atoms with E-state index in [0.29, 0.717) is 38.0 Å². The molecule has 0 bridgehead atoms. The number of benzene rings is 1. The van der Waals surface area contributed by atoms with Gasteiger partial charge in [-0.15, -0.1) is 0 Å². The van der Waals surface area contributed by atoms with E-state index in [1.807, 2.05) is 44.2 Å². The Hall–Kier alpha value is -3.51. The minimum absolute atomic E-state index is 0.130. The Morgan fingerprint density at radius 1 is 1.14 bits per heavy atom. The van der Waals surface area contributed by atoms with Crippen LogP contribution in [0.25, 0.3) is 0 Å². The average molecular weight is 499 g/mol. The van der Waals surface area contributed by atoms with Gasteiger partial charge in [0.25, 0.3) is 0 Å². The van der Waals surface area contributed by atoms with Crippen LogP contribution in [0.3, 0.4) is 0 Å². The number of carbonyl (C=O) groups excluding carboxylic acids is 2. The van der Waals surface area contributed by atoms with E-state index in [2.05, 4.69) is 20.6 Å². The highest BCUT2D eigenvalue weighted by molar-refractivity contribution is 6.13. The summed E-state index contributed by atoms with van der Waals surface area (Å²) in [7, 11) is -0.750. The first-order valence-electron chi connectivity index (χ1n) is 11.9. The minimum atomic E-state index is -1.01. The minimum Gasteiger partial charge on any atom is -0.480 e. The average Bonchev–Trinajstić information content (AvgIpc) is 3.35. The van der Waals surface area contributed by atoms with E-state index in [0.717, 1.165) is 5.56 Å². The molecule has 1 aromatic heterocycles. The van der Waals surface area contributed by atoms with Gasteiger partial charge in [-0.2, -0.15) is 0 Å². The van der Waals surface area contributed by atoms with Gasteiger partial charge in [0.15, 0.2) is 0 Å². The van der Waals surface area contributed by atoms with Crippen LogP contribution in [0.2, 0.25) is 0 Å². The van der Waals surface area contributed by atoms with Crippen molar-refractivity contribution in [2.45, 2.75) is 57.7 Å². The molecule has 2 unspecified atom stereocenters. The fourth-order valence-corrected chi connectivity index (χ4v) is 4.06. The van der Waals surface area contributed by atoms with Crippen LogP contribution in [0.15, 0.2) is 48.9 Å². The van der Waals surface area contributed by atoms with Crippen molar-refractivity contribution in [3.63, 3.8) is 0 Å². The topological polar surface area (TPSA) is 165 Å². The summed E-state index contributed by atoms with van der Waals surface area (Å²) in [4.78, 5) is 47.9. The van der Waals surface area contributed by atoms with E-state index >= 15 is 0 Å². The molecule has 2 aromatic rings. The third-order valence-corrected chi connectivity index (χ3v) is 5.63. The van der Waals surface area contributed by atoms with Gasteiger partial charge >= 0.3 is 13.7 Å². The first-order chi connectivity index (χ1) is 17.3. The second-order valence-corrected chi connectivity index (χ2v) is 8.84. The van der Waals surface area contributed by atoms with E-state index in [1.165, 1.54) is 17.3 Å². The molecule has 0 radical (unpaired) electrons. The molecule has 3 atom stereocenters. The summed E-state index contributed by atoms with van der Waals surface area (Å²) in [6.07, 6.45) is 6.46. The zero-order valence-electron chi connectivity index (χ0n) is 20.6. The summed E-state index contributed by atoms with van der Waals surface area (Å²) in [5, 5.41) is 29.7. The molecule has 0 spiro atoms. The maximum absolute atomic E-state index is 13.4. The normalized spacial score (nSPS) is 16.4. The van der Waals surface area contributed by atoms with E-state index in [1.54, 1.807) is 6.20 Å². The fraction of sp³-hybridized carbons (Fsp3) is 0.458. The highest BCUT2D eigenvalue weighted by atomic mass is 16.4. The molecule has 0 aliphatic carbocycles. The Labute approximate surface area is 211 Å². The fourth-order valence-electron chi connectivity index (χ4n) is 4.06. The first-order valence-corrected chi connectivity index (χ1v) is 11.9. The molecule has 2 heterocycles. The van der Waals surface area contributed by atoms with Crippen molar-refractivity contribution < 1.29 is 29.5 Å². The summed E-state index contributed by atoms with van der Waals surface area (Å²) in [6.45, 7) is 4.31. The molecule has 3 rings (SSSR count). The summed E-state index contributed by atoms with van der Waals surface area (Å²) in [6, 6.07) is 7.21. The van der Waals surface area contributed by atoms with Gasteiger partial charge in [0.1, 0.15) is 23.9 Å². The number of hydrogen-bond donors (Lipinski definition) is 5. The molecule has 1 fully saturated rings. The number of aliphatic carboxylic acids is 1. The Kier molecular flexibility index (Phi) is 11.8. The highest BCUT2D eigenvalue weighted by Crippen LogP contribution is 2.20. The highest BCUT2D eigenvalue weighted by Gasteiger charge is 2.38. The number of anilines is 1. The molecule has 194 valence electrons. The zero-order valence-corrected chi connectivity index (χ0v) is 20.6. The largest absolute Gasteiger partial charge is 0.480 e. The number of aromatic nitrogens is 2. The lowest BCUT2D eigenvalue weighted by molar-refractivity contribution is -0.149. The van der Waals surface area contributed by atoms with Crippen molar-refractivity contribution in [2.75, 3.05) is 11.9 Å². The first kappa shape index (κ1) is 28.7. The second-order valence-electron chi connectivity index (χ2n) is 8.84. The van der Waals surface area contributed by atoms with Crippen LogP contribution in [0.1, 0.15) is 38.7 Å². The Morgan fingerprint density at radius 3 is 2.42 bits per heavy atom. The quantitative estimate of drug-likeness (QED) is 0.290. The van der Waals surface area contributed by atoms with Gasteiger partial charge in [0.2, 0.25) is 11.8 Å². The number of carboxylic acids is 1. The van der Waals surface area contributed by atoms with Crippen molar-refractivity contribution >= 4 is 31.3 Å². The monoisotopic (exact) mass is 499 g/mol. The molecule has 1 aliphatic heterocycles. The van der Waals surface area contributed by atoms with Crippen LogP contribution in [-0.4, -0.2) is 80.2 Å². The molecular formula is C24H34BN5O6. The molecule has 5 N–H and O–H groups in total. The number of likely N-dealkylation sites (tertiary alicyclic amines) is 1. The van der Waals surface area contributed by atoms with E-state index in [9.17, 15) is 19.5 Å². The standard InChI is InChI=1S/C24H31N5O4.BH3O2/c1-16(2)13-19(23(31)29-12-6-9-20(29)24(32)33)28-22(30)18(14-17-7-4-3-5-8-17)27-21-15-25-10-11-26-21;2-1-3/h3-5,7-8,10-11,15-16,18-20H,6,9,12-14H2,1-2H3,(H,26,27)(H,28,30)(H,32,33);1-3H/t18?,19?,20-;/m0./s1. The number of rotatable bonds is 10. The Balaban J connectivity index is 0.00000145. The van der Waals surface area contributed by atoms with Gasteiger partial charge in [0.05, 0.1) is 6.20 Å². The Bertz CT molecular complexity index is 924. The van der Waals surface area contributed by atoms with Gasteiger partial charge in [-0.1, -0.05) is 44.2 Å². The summed E-state index contributed by atoms with van der Waals surface area (Å²) in [5.41, 5.74) is 0.950. The number of hydrogen-bond acceptors (Lipinski definition) is 8. The van der Waals surface area contributed by atoms with Crippen LogP contribution < -0.4 is 10.6 Å². The predicted molar refractivity (Wildman–Crippen MR) is 135 cm³/mol. The number of amides is 2. The van der Waals surface area contributed by atoms with Gasteiger partial charge in [0, 0.05) is 25.4 Å². The number of carbonyl (C=O) groups is 3. The number of nitrogens with zero attached hydrogens (tertiary/aromatic N) is 3.